The summed E-state index contributed by atoms with van der Waals surface area (Å²) >= 11 is 1.59. The zero-order chi connectivity index (χ0) is 16.6. The molecule has 4 nitrogen and oxygen atoms in total. The molecule has 126 valence electrons. The quantitative estimate of drug-likeness (QED) is 0.837. The van der Waals surface area contributed by atoms with Crippen molar-refractivity contribution in [3.05, 3.63) is 47.7 Å². The Morgan fingerprint density at radius 3 is 2.50 bits per heavy atom. The second-order valence-corrected chi connectivity index (χ2v) is 9.36. The van der Waals surface area contributed by atoms with Crippen LogP contribution in [-0.2, 0) is 22.9 Å². The Morgan fingerprint density at radius 1 is 0.958 bits per heavy atom. The Bertz CT molecular complexity index is 842. The highest BCUT2D eigenvalue weighted by atomic mass is 32.2. The Balaban J connectivity index is 1.51. The Morgan fingerprint density at radius 2 is 1.75 bits per heavy atom. The van der Waals surface area contributed by atoms with Crippen LogP contribution in [-0.4, -0.2) is 30.8 Å². The van der Waals surface area contributed by atoms with E-state index in [4.69, 9.17) is 0 Å². The van der Waals surface area contributed by atoms with Crippen molar-refractivity contribution in [3.8, 4) is 0 Å². The fraction of sp³-hybridized carbons (Fsp3) is 0.389. The number of benzene rings is 1. The van der Waals surface area contributed by atoms with Gasteiger partial charge in [0.15, 0.2) is 0 Å². The van der Waals surface area contributed by atoms with E-state index in [-0.39, 0.29) is 0 Å². The van der Waals surface area contributed by atoms with Gasteiger partial charge in [0.25, 0.3) is 0 Å². The van der Waals surface area contributed by atoms with Gasteiger partial charge in [-0.1, -0.05) is 17.8 Å². The van der Waals surface area contributed by atoms with Crippen LogP contribution in [0.1, 0.15) is 30.4 Å². The third-order valence-corrected chi connectivity index (χ3v) is 7.53. The minimum absolute atomic E-state index is 0.294. The molecule has 0 radical (unpaired) electrons. The highest BCUT2D eigenvalue weighted by Crippen LogP contribution is 2.31. The molecule has 2 aliphatic rings. The zero-order valence-electron chi connectivity index (χ0n) is 13.4. The lowest BCUT2D eigenvalue weighted by molar-refractivity contribution is 0.477. The number of aromatic nitrogens is 1. The highest BCUT2D eigenvalue weighted by Gasteiger charge is 2.27. The second kappa shape index (κ2) is 6.50. The third kappa shape index (κ3) is 3.10. The molecule has 0 saturated carbocycles. The minimum Gasteiger partial charge on any atom is -0.248 e. The van der Waals surface area contributed by atoms with Gasteiger partial charge in [-0.2, -0.15) is 4.31 Å². The summed E-state index contributed by atoms with van der Waals surface area (Å²) < 4.78 is 26.6. The van der Waals surface area contributed by atoms with Gasteiger partial charge in [0.2, 0.25) is 10.0 Å². The first-order valence-corrected chi connectivity index (χ1v) is 10.6. The largest absolute Gasteiger partial charge is 0.248 e. The van der Waals surface area contributed by atoms with Gasteiger partial charge in [0, 0.05) is 24.2 Å². The molecule has 1 aromatic heterocycles. The SMILES string of the molecule is O=S(=O)(c1ccc(Sc2ccc3c(c2)CCC3)nc1)N1CCCC1. The molecular formula is C18H20N2O2S2. The number of hydrogen-bond acceptors (Lipinski definition) is 4. The first-order valence-electron chi connectivity index (χ1n) is 8.39. The number of fused-ring (bicyclic) bond motifs is 1. The van der Waals surface area contributed by atoms with Crippen LogP contribution in [0.15, 0.2) is 51.3 Å². The minimum atomic E-state index is -3.37. The number of nitrogens with zero attached hydrogens (tertiary/aromatic N) is 2. The zero-order valence-corrected chi connectivity index (χ0v) is 15.1. The van der Waals surface area contributed by atoms with Crippen LogP contribution in [0.4, 0.5) is 0 Å². The number of hydrogen-bond donors (Lipinski definition) is 0. The molecule has 0 bridgehead atoms. The first-order chi connectivity index (χ1) is 11.6. The molecule has 1 aromatic carbocycles. The molecule has 1 aliphatic heterocycles. The second-order valence-electron chi connectivity index (χ2n) is 6.33. The lowest BCUT2D eigenvalue weighted by Gasteiger charge is -2.15. The molecule has 0 spiro atoms. The summed E-state index contributed by atoms with van der Waals surface area (Å²) in [5.41, 5.74) is 2.90. The summed E-state index contributed by atoms with van der Waals surface area (Å²) in [5, 5.41) is 0.827. The number of rotatable bonds is 4. The van der Waals surface area contributed by atoms with Crippen LogP contribution in [0.2, 0.25) is 0 Å². The summed E-state index contributed by atoms with van der Waals surface area (Å²) in [7, 11) is -3.37. The van der Waals surface area contributed by atoms with E-state index in [1.807, 2.05) is 0 Å². The fourth-order valence-corrected chi connectivity index (χ4v) is 5.67. The van der Waals surface area contributed by atoms with Crippen molar-refractivity contribution < 1.29 is 8.42 Å². The van der Waals surface area contributed by atoms with Crippen LogP contribution in [0.25, 0.3) is 0 Å². The van der Waals surface area contributed by atoms with Crippen molar-refractivity contribution >= 4 is 21.8 Å². The molecule has 0 atom stereocenters. The molecule has 1 saturated heterocycles. The summed E-state index contributed by atoms with van der Waals surface area (Å²) in [6.45, 7) is 1.24. The van der Waals surface area contributed by atoms with Gasteiger partial charge < -0.3 is 0 Å². The van der Waals surface area contributed by atoms with Crippen molar-refractivity contribution in [1.29, 1.82) is 0 Å². The highest BCUT2D eigenvalue weighted by molar-refractivity contribution is 7.99. The van der Waals surface area contributed by atoms with Gasteiger partial charge in [-0.05, 0) is 67.5 Å². The number of sulfonamides is 1. The van der Waals surface area contributed by atoms with Gasteiger partial charge in [0.1, 0.15) is 9.92 Å². The van der Waals surface area contributed by atoms with E-state index in [0.29, 0.717) is 18.0 Å². The molecule has 1 fully saturated rings. The van der Waals surface area contributed by atoms with Crippen LogP contribution in [0, 0.1) is 0 Å². The Hall–Kier alpha value is -1.37. The number of aryl methyl sites for hydroxylation is 2. The van der Waals surface area contributed by atoms with Crippen LogP contribution >= 0.6 is 11.8 Å². The molecular weight excluding hydrogens is 340 g/mol. The maximum absolute atomic E-state index is 12.5. The fourth-order valence-electron chi connectivity index (χ4n) is 3.39. The Kier molecular flexibility index (Phi) is 4.37. The van der Waals surface area contributed by atoms with Crippen molar-refractivity contribution in [1.82, 2.24) is 9.29 Å². The van der Waals surface area contributed by atoms with E-state index in [1.165, 1.54) is 35.1 Å². The van der Waals surface area contributed by atoms with E-state index in [1.54, 1.807) is 28.2 Å². The molecule has 0 N–H and O–H groups in total. The molecule has 0 amide bonds. The molecule has 24 heavy (non-hydrogen) atoms. The van der Waals surface area contributed by atoms with Crippen molar-refractivity contribution in [2.75, 3.05) is 13.1 Å². The monoisotopic (exact) mass is 360 g/mol. The van der Waals surface area contributed by atoms with Gasteiger partial charge in [-0.3, -0.25) is 0 Å². The normalized spacial score (nSPS) is 18.0. The summed E-state index contributed by atoms with van der Waals surface area (Å²) in [6.07, 6.45) is 6.96. The maximum Gasteiger partial charge on any atom is 0.244 e. The third-order valence-electron chi connectivity index (χ3n) is 4.70. The van der Waals surface area contributed by atoms with Crippen molar-refractivity contribution in [3.63, 3.8) is 0 Å². The summed E-state index contributed by atoms with van der Waals surface area (Å²) in [6, 6.07) is 10.1. The van der Waals surface area contributed by atoms with Crippen LogP contribution in [0.3, 0.4) is 0 Å². The lowest BCUT2D eigenvalue weighted by Crippen LogP contribution is -2.27. The van der Waals surface area contributed by atoms with E-state index >= 15 is 0 Å². The van der Waals surface area contributed by atoms with Crippen molar-refractivity contribution in [2.45, 2.75) is 46.9 Å². The van der Waals surface area contributed by atoms with E-state index in [0.717, 1.165) is 24.3 Å². The predicted octanol–water partition coefficient (Wildman–Crippen LogP) is 3.51. The maximum atomic E-state index is 12.5. The molecule has 2 aromatic rings. The standard InChI is InChI=1S/C18H20N2O2S2/c21-24(22,20-10-1-2-11-20)17-8-9-18(19-13-17)23-16-7-6-14-4-3-5-15(14)12-16/h6-9,12-13H,1-5,10-11H2. The van der Waals surface area contributed by atoms with E-state index in [9.17, 15) is 8.42 Å². The van der Waals surface area contributed by atoms with Gasteiger partial charge >= 0.3 is 0 Å². The molecule has 2 heterocycles. The van der Waals surface area contributed by atoms with Crippen LogP contribution in [0.5, 0.6) is 0 Å². The van der Waals surface area contributed by atoms with E-state index in [2.05, 4.69) is 23.2 Å². The van der Waals surface area contributed by atoms with Gasteiger partial charge in [0.05, 0.1) is 0 Å². The average Bonchev–Trinajstić information content (AvgIpc) is 3.27. The first kappa shape index (κ1) is 16.1. The summed E-state index contributed by atoms with van der Waals surface area (Å²) in [5.74, 6) is 0. The predicted molar refractivity (Wildman–Crippen MR) is 94.8 cm³/mol. The Labute approximate surface area is 147 Å². The molecule has 6 heteroatoms. The summed E-state index contributed by atoms with van der Waals surface area (Å²) in [4.78, 5) is 5.82. The van der Waals surface area contributed by atoms with Crippen molar-refractivity contribution in [2.24, 2.45) is 0 Å². The average molecular weight is 361 g/mol. The van der Waals surface area contributed by atoms with E-state index < -0.39 is 10.0 Å². The molecule has 1 aliphatic carbocycles. The molecule has 4 rings (SSSR count). The number of pyridine rings is 1. The molecule has 0 unspecified atom stereocenters. The van der Waals surface area contributed by atoms with Gasteiger partial charge in [-0.15, -0.1) is 0 Å². The topological polar surface area (TPSA) is 50.3 Å². The van der Waals surface area contributed by atoms with Crippen LogP contribution < -0.4 is 0 Å². The lowest BCUT2D eigenvalue weighted by atomic mass is 10.1. The smallest absolute Gasteiger partial charge is 0.244 e. The van der Waals surface area contributed by atoms with Gasteiger partial charge in [-0.25, -0.2) is 13.4 Å².